The van der Waals surface area contributed by atoms with E-state index in [1.807, 2.05) is 55.5 Å². The van der Waals surface area contributed by atoms with Crippen molar-refractivity contribution in [3.05, 3.63) is 71.3 Å². The summed E-state index contributed by atoms with van der Waals surface area (Å²) in [4.78, 5) is 27.8. The quantitative estimate of drug-likeness (QED) is 0.612. The van der Waals surface area contributed by atoms with Gasteiger partial charge in [0.05, 0.1) is 11.3 Å². The Bertz CT molecular complexity index is 879. The number of ether oxygens (including phenoxy) is 1. The lowest BCUT2D eigenvalue weighted by Crippen LogP contribution is -2.45. The van der Waals surface area contributed by atoms with E-state index in [1.165, 1.54) is 4.90 Å². The first-order chi connectivity index (χ1) is 12.6. The number of aryl methyl sites for hydroxylation is 1. The number of para-hydroxylation sites is 1. The maximum absolute atomic E-state index is 13.3. The van der Waals surface area contributed by atoms with Crippen LogP contribution in [-0.4, -0.2) is 24.0 Å². The zero-order chi connectivity index (χ0) is 18.1. The topological polar surface area (TPSA) is 46.6 Å². The van der Waals surface area contributed by atoms with Crippen molar-refractivity contribution < 1.29 is 14.3 Å². The predicted octanol–water partition coefficient (Wildman–Crippen LogP) is 3.89. The van der Waals surface area contributed by atoms with Crippen LogP contribution in [0.5, 0.6) is 0 Å². The summed E-state index contributed by atoms with van der Waals surface area (Å²) >= 11 is 0. The largest absolute Gasteiger partial charge is 0.360 e. The first-order valence-electron chi connectivity index (χ1n) is 8.98. The van der Waals surface area contributed by atoms with E-state index >= 15 is 0 Å². The molecule has 0 bridgehead atoms. The smallest absolute Gasteiger partial charge is 0.271 e. The second-order valence-corrected chi connectivity index (χ2v) is 6.89. The Morgan fingerprint density at radius 2 is 1.85 bits per heavy atom. The summed E-state index contributed by atoms with van der Waals surface area (Å²) in [5.74, 6) is -0.558. The lowest BCUT2D eigenvalue weighted by Gasteiger charge is -2.32. The van der Waals surface area contributed by atoms with Crippen LogP contribution in [0.3, 0.4) is 0 Å². The van der Waals surface area contributed by atoms with Crippen LogP contribution in [0.25, 0.3) is 6.08 Å². The number of amides is 2. The lowest BCUT2D eigenvalue weighted by molar-refractivity contribution is -0.140. The minimum Gasteiger partial charge on any atom is -0.360 e. The van der Waals surface area contributed by atoms with Gasteiger partial charge < -0.3 is 4.74 Å². The highest BCUT2D eigenvalue weighted by Gasteiger charge is 2.57. The van der Waals surface area contributed by atoms with Gasteiger partial charge in [0, 0.05) is 6.61 Å². The van der Waals surface area contributed by atoms with Crippen molar-refractivity contribution in [3.63, 3.8) is 0 Å². The second-order valence-electron chi connectivity index (χ2n) is 6.89. The van der Waals surface area contributed by atoms with Crippen LogP contribution >= 0.6 is 0 Å². The summed E-state index contributed by atoms with van der Waals surface area (Å²) in [5, 5.41) is 0. The van der Waals surface area contributed by atoms with Crippen LogP contribution in [0.4, 0.5) is 5.69 Å². The molecule has 2 fully saturated rings. The highest BCUT2D eigenvalue weighted by molar-refractivity contribution is 6.33. The van der Waals surface area contributed by atoms with Crippen LogP contribution in [-0.2, 0) is 14.3 Å². The van der Waals surface area contributed by atoms with E-state index < -0.39 is 5.60 Å². The van der Waals surface area contributed by atoms with E-state index in [4.69, 9.17) is 4.74 Å². The molecule has 1 atom stereocenters. The molecule has 2 aromatic rings. The Morgan fingerprint density at radius 3 is 2.54 bits per heavy atom. The molecule has 0 saturated carbocycles. The van der Waals surface area contributed by atoms with Gasteiger partial charge in [-0.1, -0.05) is 48.0 Å². The van der Waals surface area contributed by atoms with E-state index in [1.54, 1.807) is 12.1 Å². The van der Waals surface area contributed by atoms with E-state index in [9.17, 15) is 9.59 Å². The molecule has 2 saturated heterocycles. The maximum Gasteiger partial charge on any atom is 0.271 e. The first-order valence-corrected chi connectivity index (χ1v) is 8.98. The minimum atomic E-state index is -1.16. The molecule has 2 heterocycles. The molecule has 4 rings (SSSR count). The number of rotatable bonds is 2. The summed E-state index contributed by atoms with van der Waals surface area (Å²) in [5.41, 5.74) is 1.88. The van der Waals surface area contributed by atoms with Gasteiger partial charge in [0.25, 0.3) is 11.8 Å². The van der Waals surface area contributed by atoms with Crippen LogP contribution < -0.4 is 4.90 Å². The van der Waals surface area contributed by atoms with Crippen molar-refractivity contribution in [3.8, 4) is 0 Å². The molecule has 2 aliphatic heterocycles. The van der Waals surface area contributed by atoms with Crippen molar-refractivity contribution >= 4 is 23.6 Å². The van der Waals surface area contributed by atoms with Crippen molar-refractivity contribution in [2.45, 2.75) is 31.8 Å². The summed E-state index contributed by atoms with van der Waals surface area (Å²) in [6, 6.07) is 17.0. The van der Waals surface area contributed by atoms with Crippen LogP contribution in [0.1, 0.15) is 30.4 Å². The van der Waals surface area contributed by atoms with Crippen molar-refractivity contribution in [2.75, 3.05) is 11.5 Å². The molecule has 4 heteroatoms. The van der Waals surface area contributed by atoms with Gasteiger partial charge in [0.15, 0.2) is 5.60 Å². The molecule has 2 aromatic carbocycles. The summed E-state index contributed by atoms with van der Waals surface area (Å²) in [6.07, 6.45) is 4.14. The summed E-state index contributed by atoms with van der Waals surface area (Å²) in [6.45, 7) is 2.50. The lowest BCUT2D eigenvalue weighted by atomic mass is 9.86. The molecular weight excluding hydrogens is 326 g/mol. The van der Waals surface area contributed by atoms with Gasteiger partial charge >= 0.3 is 0 Å². The Labute approximate surface area is 153 Å². The zero-order valence-corrected chi connectivity index (χ0v) is 14.8. The number of nitrogens with zero attached hydrogens (tertiary/aromatic N) is 1. The average Bonchev–Trinajstić information content (AvgIpc) is 2.85. The number of benzene rings is 2. The molecule has 26 heavy (non-hydrogen) atoms. The van der Waals surface area contributed by atoms with Gasteiger partial charge in [0.2, 0.25) is 0 Å². The van der Waals surface area contributed by atoms with Crippen LogP contribution in [0, 0.1) is 6.92 Å². The summed E-state index contributed by atoms with van der Waals surface area (Å²) < 4.78 is 6.00. The third kappa shape index (κ3) is 2.67. The highest BCUT2D eigenvalue weighted by Crippen LogP contribution is 2.42. The molecular formula is C22H21NO3. The number of anilines is 1. The van der Waals surface area contributed by atoms with Gasteiger partial charge in [-0.25, -0.2) is 4.90 Å². The van der Waals surface area contributed by atoms with Crippen molar-refractivity contribution in [2.24, 2.45) is 0 Å². The fourth-order valence-corrected chi connectivity index (χ4v) is 3.77. The normalized spacial score (nSPS) is 24.7. The second kappa shape index (κ2) is 6.54. The van der Waals surface area contributed by atoms with Crippen molar-refractivity contribution in [1.29, 1.82) is 0 Å². The maximum atomic E-state index is 13.3. The molecule has 0 radical (unpaired) electrons. The fraction of sp³-hybridized carbons (Fsp3) is 0.273. The van der Waals surface area contributed by atoms with E-state index in [0.29, 0.717) is 24.3 Å². The molecule has 1 spiro atoms. The molecule has 4 nitrogen and oxygen atoms in total. The third-order valence-electron chi connectivity index (χ3n) is 5.06. The van der Waals surface area contributed by atoms with Gasteiger partial charge in [-0.3, -0.25) is 9.59 Å². The molecule has 2 amide bonds. The summed E-state index contributed by atoms with van der Waals surface area (Å²) in [7, 11) is 0. The SMILES string of the molecule is Cc1cccc(C=C2C(=O)N(c3ccccc3)C(=O)C23CCCCO3)c1. The van der Waals surface area contributed by atoms with E-state index in [2.05, 4.69) is 0 Å². The fourth-order valence-electron chi connectivity index (χ4n) is 3.77. The van der Waals surface area contributed by atoms with Gasteiger partial charge in [-0.15, -0.1) is 0 Å². The zero-order valence-electron chi connectivity index (χ0n) is 14.8. The Kier molecular flexibility index (Phi) is 4.21. The molecule has 0 aromatic heterocycles. The first kappa shape index (κ1) is 16.7. The van der Waals surface area contributed by atoms with E-state index in [0.717, 1.165) is 24.0 Å². The Morgan fingerprint density at radius 1 is 1.04 bits per heavy atom. The van der Waals surface area contributed by atoms with Crippen LogP contribution in [0.15, 0.2) is 60.2 Å². The Hall–Kier alpha value is -2.72. The Balaban J connectivity index is 1.84. The highest BCUT2D eigenvalue weighted by atomic mass is 16.5. The number of imide groups is 1. The number of hydrogen-bond acceptors (Lipinski definition) is 3. The molecule has 132 valence electrons. The van der Waals surface area contributed by atoms with E-state index in [-0.39, 0.29) is 11.8 Å². The van der Waals surface area contributed by atoms with Crippen molar-refractivity contribution in [1.82, 2.24) is 0 Å². The molecule has 1 unspecified atom stereocenters. The van der Waals surface area contributed by atoms with Gasteiger partial charge in [-0.05, 0) is 50.0 Å². The molecule has 0 aliphatic carbocycles. The predicted molar refractivity (Wildman–Crippen MR) is 101 cm³/mol. The van der Waals surface area contributed by atoms with Gasteiger partial charge in [0.1, 0.15) is 0 Å². The standard InChI is InChI=1S/C22H21NO3/c1-16-8-7-9-17(14-16)15-19-20(24)23(18-10-3-2-4-11-18)21(25)22(19)12-5-6-13-26-22/h2-4,7-11,14-15H,5-6,12-13H2,1H3. The number of carbonyl (C=O) groups excluding carboxylic acids is 2. The minimum absolute atomic E-state index is 0.271. The molecule has 0 N–H and O–H groups in total. The average molecular weight is 347 g/mol. The number of carbonyl (C=O) groups is 2. The van der Waals surface area contributed by atoms with Gasteiger partial charge in [-0.2, -0.15) is 0 Å². The van der Waals surface area contributed by atoms with Crippen LogP contribution in [0.2, 0.25) is 0 Å². The third-order valence-corrected chi connectivity index (χ3v) is 5.06. The molecule has 2 aliphatic rings. The number of hydrogen-bond donors (Lipinski definition) is 0. The monoisotopic (exact) mass is 347 g/mol.